The monoisotopic (exact) mass is 229 g/mol. The van der Waals surface area contributed by atoms with Gasteiger partial charge in [0.1, 0.15) is 0 Å². The molecule has 0 spiro atoms. The molecule has 16 heavy (non-hydrogen) atoms. The van der Waals surface area contributed by atoms with E-state index in [1.165, 1.54) is 0 Å². The minimum atomic E-state index is -0.836. The van der Waals surface area contributed by atoms with Crippen molar-refractivity contribution in [2.75, 3.05) is 13.1 Å². The van der Waals surface area contributed by atoms with Crippen molar-refractivity contribution in [3.05, 3.63) is 0 Å². The molecule has 0 bridgehead atoms. The molecule has 1 unspecified atom stereocenters. The van der Waals surface area contributed by atoms with E-state index in [0.29, 0.717) is 13.0 Å². The van der Waals surface area contributed by atoms with Gasteiger partial charge in [0, 0.05) is 25.9 Å². The summed E-state index contributed by atoms with van der Waals surface area (Å²) in [5.74, 6) is -0.845. The summed E-state index contributed by atoms with van der Waals surface area (Å²) in [6.07, 6.45) is 2.47. The van der Waals surface area contributed by atoms with E-state index in [1.54, 1.807) is 6.92 Å². The van der Waals surface area contributed by atoms with Crippen LogP contribution in [0.3, 0.4) is 0 Å². The average Bonchev–Trinajstić information content (AvgIpc) is 2.17. The van der Waals surface area contributed by atoms with Crippen molar-refractivity contribution in [3.8, 4) is 0 Å². The number of hydrogen-bond acceptors (Lipinski definition) is 2. The van der Waals surface area contributed by atoms with Gasteiger partial charge in [-0.15, -0.1) is 0 Å². The number of rotatable bonds is 8. The van der Waals surface area contributed by atoms with E-state index in [0.717, 1.165) is 19.4 Å². The Kier molecular flexibility index (Phi) is 7.60. The maximum Gasteiger partial charge on any atom is 0.303 e. The highest BCUT2D eigenvalue weighted by Gasteiger charge is 2.16. The minimum Gasteiger partial charge on any atom is -0.481 e. The molecule has 1 amide bonds. The first-order valence-electron chi connectivity index (χ1n) is 6.00. The van der Waals surface area contributed by atoms with Crippen LogP contribution in [0.1, 0.15) is 46.5 Å². The predicted octanol–water partition coefficient (Wildman–Crippen LogP) is 2.14. The standard InChI is InChI=1S/C12H23NO3/c1-4-6-7-13(5-2)11(14)8-10(3)9-12(15)16/h10H,4-9H2,1-3H3,(H,15,16). The highest BCUT2D eigenvalue weighted by molar-refractivity contribution is 5.77. The van der Waals surface area contributed by atoms with Crippen LogP contribution in [-0.4, -0.2) is 35.0 Å². The number of unbranched alkanes of at least 4 members (excludes halogenated alkanes) is 1. The summed E-state index contributed by atoms with van der Waals surface area (Å²) < 4.78 is 0. The molecule has 1 N–H and O–H groups in total. The topological polar surface area (TPSA) is 57.6 Å². The predicted molar refractivity (Wildman–Crippen MR) is 63.2 cm³/mol. The lowest BCUT2D eigenvalue weighted by atomic mass is 10.0. The Hall–Kier alpha value is -1.06. The first kappa shape index (κ1) is 14.9. The van der Waals surface area contributed by atoms with Crippen LogP contribution in [0.25, 0.3) is 0 Å². The third-order valence-corrected chi connectivity index (χ3v) is 2.56. The first-order valence-corrected chi connectivity index (χ1v) is 6.00. The molecular weight excluding hydrogens is 206 g/mol. The second kappa shape index (κ2) is 8.13. The van der Waals surface area contributed by atoms with Gasteiger partial charge < -0.3 is 10.0 Å². The Bertz CT molecular complexity index is 228. The van der Waals surface area contributed by atoms with Gasteiger partial charge in [0.15, 0.2) is 0 Å². The van der Waals surface area contributed by atoms with Gasteiger partial charge in [-0.1, -0.05) is 20.3 Å². The van der Waals surface area contributed by atoms with Crippen molar-refractivity contribution < 1.29 is 14.7 Å². The number of amides is 1. The third kappa shape index (κ3) is 6.43. The lowest BCUT2D eigenvalue weighted by Crippen LogP contribution is -2.33. The Morgan fingerprint density at radius 2 is 1.88 bits per heavy atom. The lowest BCUT2D eigenvalue weighted by molar-refractivity contribution is -0.138. The minimum absolute atomic E-state index is 0.0665. The molecule has 1 atom stereocenters. The largest absolute Gasteiger partial charge is 0.481 e. The van der Waals surface area contributed by atoms with Crippen molar-refractivity contribution in [2.45, 2.75) is 46.5 Å². The number of carboxylic acid groups (broad SMARTS) is 1. The zero-order valence-corrected chi connectivity index (χ0v) is 10.5. The van der Waals surface area contributed by atoms with Gasteiger partial charge in [-0.05, 0) is 19.3 Å². The molecule has 94 valence electrons. The fraction of sp³-hybridized carbons (Fsp3) is 0.833. The molecule has 0 aromatic carbocycles. The molecule has 0 fully saturated rings. The van der Waals surface area contributed by atoms with Gasteiger partial charge in [-0.3, -0.25) is 9.59 Å². The van der Waals surface area contributed by atoms with Crippen LogP contribution < -0.4 is 0 Å². The zero-order chi connectivity index (χ0) is 12.6. The molecule has 0 saturated heterocycles. The van der Waals surface area contributed by atoms with Gasteiger partial charge in [0.25, 0.3) is 0 Å². The third-order valence-electron chi connectivity index (χ3n) is 2.56. The van der Waals surface area contributed by atoms with E-state index in [1.807, 2.05) is 11.8 Å². The van der Waals surface area contributed by atoms with Crippen LogP contribution in [0.15, 0.2) is 0 Å². The van der Waals surface area contributed by atoms with Crippen molar-refractivity contribution in [3.63, 3.8) is 0 Å². The molecule has 0 aromatic heterocycles. The Labute approximate surface area is 97.6 Å². The fourth-order valence-electron chi connectivity index (χ4n) is 1.61. The van der Waals surface area contributed by atoms with E-state index in [2.05, 4.69) is 6.92 Å². The van der Waals surface area contributed by atoms with Crippen molar-refractivity contribution in [1.29, 1.82) is 0 Å². The smallest absolute Gasteiger partial charge is 0.303 e. The first-order chi connectivity index (χ1) is 7.51. The van der Waals surface area contributed by atoms with E-state index in [4.69, 9.17) is 5.11 Å². The van der Waals surface area contributed by atoms with Crippen molar-refractivity contribution in [2.24, 2.45) is 5.92 Å². The number of carbonyl (C=O) groups excluding carboxylic acids is 1. The maximum atomic E-state index is 11.8. The number of nitrogens with zero attached hydrogens (tertiary/aromatic N) is 1. The van der Waals surface area contributed by atoms with Crippen LogP contribution in [-0.2, 0) is 9.59 Å². The van der Waals surface area contributed by atoms with Crippen LogP contribution in [0.2, 0.25) is 0 Å². The quantitative estimate of drug-likeness (QED) is 0.693. The van der Waals surface area contributed by atoms with Gasteiger partial charge >= 0.3 is 5.97 Å². The van der Waals surface area contributed by atoms with Gasteiger partial charge in [0.2, 0.25) is 5.91 Å². The molecule has 0 aliphatic carbocycles. The number of hydrogen-bond donors (Lipinski definition) is 1. The second-order valence-electron chi connectivity index (χ2n) is 4.23. The summed E-state index contributed by atoms with van der Waals surface area (Å²) in [5, 5.41) is 8.61. The highest BCUT2D eigenvalue weighted by Crippen LogP contribution is 2.10. The van der Waals surface area contributed by atoms with Gasteiger partial charge in [-0.2, -0.15) is 0 Å². The fourth-order valence-corrected chi connectivity index (χ4v) is 1.61. The van der Waals surface area contributed by atoms with Crippen LogP contribution in [0.4, 0.5) is 0 Å². The molecule has 0 aliphatic heterocycles. The Morgan fingerprint density at radius 3 is 2.31 bits per heavy atom. The Balaban J connectivity index is 4.04. The molecule has 4 heteroatoms. The normalized spacial score (nSPS) is 12.2. The molecule has 0 heterocycles. The number of carbonyl (C=O) groups is 2. The van der Waals surface area contributed by atoms with E-state index in [-0.39, 0.29) is 18.2 Å². The molecule has 0 aromatic rings. The van der Waals surface area contributed by atoms with E-state index < -0.39 is 5.97 Å². The highest BCUT2D eigenvalue weighted by atomic mass is 16.4. The summed E-state index contributed by atoms with van der Waals surface area (Å²) in [7, 11) is 0. The van der Waals surface area contributed by atoms with E-state index >= 15 is 0 Å². The van der Waals surface area contributed by atoms with E-state index in [9.17, 15) is 9.59 Å². The number of aliphatic carboxylic acids is 1. The summed E-state index contributed by atoms with van der Waals surface area (Å²) in [5.41, 5.74) is 0. The SMILES string of the molecule is CCCCN(CC)C(=O)CC(C)CC(=O)O. The number of carboxylic acids is 1. The molecule has 0 aliphatic rings. The van der Waals surface area contributed by atoms with Crippen LogP contribution in [0, 0.1) is 5.92 Å². The molecule has 0 rings (SSSR count). The lowest BCUT2D eigenvalue weighted by Gasteiger charge is -2.22. The summed E-state index contributed by atoms with van der Waals surface area (Å²) in [6.45, 7) is 7.34. The Morgan fingerprint density at radius 1 is 1.25 bits per heavy atom. The molecule has 4 nitrogen and oxygen atoms in total. The van der Waals surface area contributed by atoms with Crippen molar-refractivity contribution in [1.82, 2.24) is 4.90 Å². The van der Waals surface area contributed by atoms with Gasteiger partial charge in [0.05, 0.1) is 0 Å². The maximum absolute atomic E-state index is 11.8. The summed E-state index contributed by atoms with van der Waals surface area (Å²) >= 11 is 0. The zero-order valence-electron chi connectivity index (χ0n) is 10.5. The summed E-state index contributed by atoms with van der Waals surface area (Å²) in [6, 6.07) is 0. The van der Waals surface area contributed by atoms with Crippen LogP contribution in [0.5, 0.6) is 0 Å². The molecular formula is C12H23NO3. The van der Waals surface area contributed by atoms with Crippen LogP contribution >= 0.6 is 0 Å². The average molecular weight is 229 g/mol. The molecule has 0 saturated carbocycles. The van der Waals surface area contributed by atoms with Crippen molar-refractivity contribution >= 4 is 11.9 Å². The second-order valence-corrected chi connectivity index (χ2v) is 4.23. The molecule has 0 radical (unpaired) electrons. The van der Waals surface area contributed by atoms with Gasteiger partial charge in [-0.25, -0.2) is 0 Å². The summed E-state index contributed by atoms with van der Waals surface area (Å²) in [4.78, 5) is 24.1.